The van der Waals surface area contributed by atoms with Crippen molar-refractivity contribution in [1.29, 1.82) is 0 Å². The van der Waals surface area contributed by atoms with Gasteiger partial charge >= 0.3 is 0 Å². The van der Waals surface area contributed by atoms with E-state index in [0.29, 0.717) is 0 Å². The molecule has 0 amide bonds. The molecule has 2 aromatic rings. The van der Waals surface area contributed by atoms with Crippen LogP contribution in [0.25, 0.3) is 5.57 Å². The zero-order chi connectivity index (χ0) is 22.1. The second-order valence-corrected chi connectivity index (χ2v) is 7.38. The quantitative estimate of drug-likeness (QED) is 0.319. The summed E-state index contributed by atoms with van der Waals surface area (Å²) in [6.07, 6.45) is 9.73. The van der Waals surface area contributed by atoms with E-state index in [1.807, 2.05) is 44.2 Å². The van der Waals surface area contributed by atoms with Gasteiger partial charge in [-0.15, -0.1) is 0 Å². The molecule has 0 saturated carbocycles. The molecule has 0 aliphatic rings. The van der Waals surface area contributed by atoms with Crippen molar-refractivity contribution in [2.45, 2.75) is 27.7 Å². The molecule has 0 fully saturated rings. The van der Waals surface area contributed by atoms with Crippen LogP contribution in [0.15, 0.2) is 119 Å². The summed E-state index contributed by atoms with van der Waals surface area (Å²) >= 11 is 0. The molecule has 0 atom stereocenters. The van der Waals surface area contributed by atoms with Crippen molar-refractivity contribution in [2.75, 3.05) is 0 Å². The summed E-state index contributed by atoms with van der Waals surface area (Å²) in [6, 6.07) is 17.0. The Balaban J connectivity index is 2.76. The van der Waals surface area contributed by atoms with Crippen LogP contribution >= 0.6 is 0 Å². The molecule has 0 aliphatic heterocycles. The second kappa shape index (κ2) is 10.9. The predicted octanol–water partition coefficient (Wildman–Crippen LogP) is 7.95. The first-order chi connectivity index (χ1) is 14.4. The Morgan fingerprint density at radius 1 is 0.933 bits per heavy atom. The van der Waals surface area contributed by atoms with Crippen molar-refractivity contribution in [3.05, 3.63) is 137 Å². The minimum absolute atomic E-state index is 0.904. The maximum absolute atomic E-state index is 4.39. The third-order valence-corrected chi connectivity index (χ3v) is 4.80. The lowest BCUT2D eigenvalue weighted by atomic mass is 9.84. The predicted molar refractivity (Wildman–Crippen MR) is 134 cm³/mol. The van der Waals surface area contributed by atoms with Crippen molar-refractivity contribution in [3.63, 3.8) is 0 Å². The van der Waals surface area contributed by atoms with Crippen LogP contribution in [-0.2, 0) is 0 Å². The maximum atomic E-state index is 4.39. The van der Waals surface area contributed by atoms with Crippen LogP contribution in [-0.4, -0.2) is 6.72 Å². The Hall–Kier alpha value is -3.45. The first-order valence-electron chi connectivity index (χ1n) is 10.1. The molecule has 0 aliphatic carbocycles. The van der Waals surface area contributed by atoms with E-state index in [0.717, 1.165) is 33.4 Å². The van der Waals surface area contributed by atoms with E-state index in [-0.39, 0.29) is 0 Å². The highest BCUT2D eigenvalue weighted by Crippen LogP contribution is 2.36. The van der Waals surface area contributed by atoms with Crippen LogP contribution in [0.4, 0.5) is 0 Å². The van der Waals surface area contributed by atoms with E-state index in [1.165, 1.54) is 16.7 Å². The molecule has 1 heteroatoms. The largest absolute Gasteiger partial charge is 0.272 e. The molecule has 0 radical (unpaired) electrons. The fourth-order valence-electron chi connectivity index (χ4n) is 3.41. The molecule has 0 N–H and O–H groups in total. The lowest BCUT2D eigenvalue weighted by molar-refractivity contribution is 1.32. The number of hydrogen-bond acceptors (Lipinski definition) is 1. The normalized spacial score (nSPS) is 12.9. The van der Waals surface area contributed by atoms with E-state index >= 15 is 0 Å². The Kier molecular flexibility index (Phi) is 8.31. The van der Waals surface area contributed by atoms with Crippen molar-refractivity contribution in [1.82, 2.24) is 0 Å². The van der Waals surface area contributed by atoms with Gasteiger partial charge in [-0.05, 0) is 79.0 Å². The van der Waals surface area contributed by atoms with Gasteiger partial charge in [0.05, 0.1) is 0 Å². The number of rotatable bonds is 8. The topological polar surface area (TPSA) is 12.4 Å². The summed E-state index contributed by atoms with van der Waals surface area (Å²) in [5.74, 6) is 0. The van der Waals surface area contributed by atoms with Gasteiger partial charge in [-0.1, -0.05) is 91.6 Å². The molecule has 2 aromatic carbocycles. The van der Waals surface area contributed by atoms with E-state index in [1.54, 1.807) is 6.20 Å². The second-order valence-electron chi connectivity index (χ2n) is 7.38. The van der Waals surface area contributed by atoms with Crippen LogP contribution in [0, 0.1) is 13.8 Å². The standard InChI is InChI=1S/C29H31N/c1-8-12-25(20-30-7)18-17-24(6)28(21(2)3)29(26-13-10-9-11-14-26)27-19-22(4)15-16-23(27)5/h8-20H,2,6-7H2,1,3-5H3/b12-8-,18-17+,25-20+,29-28+. The van der Waals surface area contributed by atoms with E-state index in [4.69, 9.17) is 0 Å². The monoisotopic (exact) mass is 393 g/mol. The molecule has 0 spiro atoms. The van der Waals surface area contributed by atoms with Crippen molar-refractivity contribution >= 4 is 12.3 Å². The first-order valence-corrected chi connectivity index (χ1v) is 10.1. The highest BCUT2D eigenvalue weighted by atomic mass is 14.6. The van der Waals surface area contributed by atoms with Crippen molar-refractivity contribution in [3.8, 4) is 0 Å². The molecule has 2 rings (SSSR count). The fourth-order valence-corrected chi connectivity index (χ4v) is 3.41. The minimum Gasteiger partial charge on any atom is -0.272 e. The van der Waals surface area contributed by atoms with Crippen LogP contribution in [0.1, 0.15) is 36.1 Å². The lowest BCUT2D eigenvalue weighted by Gasteiger charge is -2.20. The van der Waals surface area contributed by atoms with Gasteiger partial charge < -0.3 is 0 Å². The van der Waals surface area contributed by atoms with Crippen LogP contribution in [0.3, 0.4) is 0 Å². The molecule has 0 unspecified atom stereocenters. The van der Waals surface area contributed by atoms with Gasteiger partial charge in [-0.2, -0.15) is 0 Å². The summed E-state index contributed by atoms with van der Waals surface area (Å²) in [5, 5.41) is 0. The van der Waals surface area contributed by atoms with Crippen molar-refractivity contribution in [2.24, 2.45) is 4.99 Å². The summed E-state index contributed by atoms with van der Waals surface area (Å²) < 4.78 is 0. The Morgan fingerprint density at radius 3 is 2.23 bits per heavy atom. The highest BCUT2D eigenvalue weighted by Gasteiger charge is 2.16. The van der Waals surface area contributed by atoms with Gasteiger partial charge in [-0.25, -0.2) is 0 Å². The van der Waals surface area contributed by atoms with Crippen LogP contribution in [0.5, 0.6) is 0 Å². The van der Waals surface area contributed by atoms with Crippen LogP contribution < -0.4 is 0 Å². The molecule has 0 saturated heterocycles. The number of hydrogen-bond donors (Lipinski definition) is 0. The average molecular weight is 394 g/mol. The summed E-state index contributed by atoms with van der Waals surface area (Å²) in [7, 11) is 0. The molecular formula is C29H31N. The Morgan fingerprint density at radius 2 is 1.63 bits per heavy atom. The SMILES string of the molecule is C=N/C=C(\C=C/C)/C=C/C(=C)/C(C(=C)C)=C(\c1ccccc1)c1cc(C)ccc1C. The highest BCUT2D eigenvalue weighted by molar-refractivity contribution is 5.89. The van der Waals surface area contributed by atoms with E-state index in [9.17, 15) is 0 Å². The maximum Gasteiger partial charge on any atom is 0.0332 e. The van der Waals surface area contributed by atoms with E-state index in [2.05, 4.69) is 81.2 Å². The lowest BCUT2D eigenvalue weighted by Crippen LogP contribution is -2.00. The third-order valence-electron chi connectivity index (χ3n) is 4.80. The molecule has 0 bridgehead atoms. The Bertz CT molecular complexity index is 1060. The van der Waals surface area contributed by atoms with Gasteiger partial charge in [0.15, 0.2) is 0 Å². The number of aryl methyl sites for hydroxylation is 2. The van der Waals surface area contributed by atoms with Gasteiger partial charge in [0.1, 0.15) is 0 Å². The van der Waals surface area contributed by atoms with Crippen LogP contribution in [0.2, 0.25) is 0 Å². The molecule has 0 heterocycles. The van der Waals surface area contributed by atoms with Crippen molar-refractivity contribution < 1.29 is 0 Å². The van der Waals surface area contributed by atoms with Gasteiger partial charge in [-0.3, -0.25) is 4.99 Å². The number of nitrogens with zero attached hydrogens (tertiary/aromatic N) is 1. The molecule has 152 valence electrons. The first kappa shape index (κ1) is 22.8. The minimum atomic E-state index is 0.904. The molecule has 0 aromatic heterocycles. The number of aliphatic imine (C=N–C) groups is 1. The fraction of sp³-hybridized carbons (Fsp3) is 0.138. The summed E-state index contributed by atoms with van der Waals surface area (Å²) in [6.45, 7) is 20.5. The van der Waals surface area contributed by atoms with Gasteiger partial charge in [0.25, 0.3) is 0 Å². The molecule has 1 nitrogen and oxygen atoms in total. The van der Waals surface area contributed by atoms with Gasteiger partial charge in [0.2, 0.25) is 0 Å². The summed E-state index contributed by atoms with van der Waals surface area (Å²) in [5.41, 5.74) is 9.84. The zero-order valence-electron chi connectivity index (χ0n) is 18.6. The molecule has 30 heavy (non-hydrogen) atoms. The third kappa shape index (κ3) is 5.78. The van der Waals surface area contributed by atoms with E-state index < -0.39 is 0 Å². The smallest absolute Gasteiger partial charge is 0.0332 e. The summed E-state index contributed by atoms with van der Waals surface area (Å²) in [4.78, 5) is 3.89. The molecular weight excluding hydrogens is 362 g/mol. The Labute approximate surface area is 181 Å². The average Bonchev–Trinajstić information content (AvgIpc) is 2.72. The van der Waals surface area contributed by atoms with Gasteiger partial charge in [0, 0.05) is 6.20 Å². The zero-order valence-corrected chi connectivity index (χ0v) is 18.6. The number of allylic oxidation sites excluding steroid dienone is 8. The number of benzene rings is 2.